The Hall–Kier alpha value is -2.94. The van der Waals surface area contributed by atoms with Gasteiger partial charge in [0.25, 0.3) is 0 Å². The summed E-state index contributed by atoms with van der Waals surface area (Å²) in [5.74, 6) is -1.73. The molecule has 7 nitrogen and oxygen atoms in total. The molecule has 1 fully saturated rings. The number of nitrogens with one attached hydrogen (secondary N) is 2. The number of nitrogens with zero attached hydrogens (tertiary/aromatic N) is 1. The highest BCUT2D eigenvalue weighted by Gasteiger charge is 2.35. The molecule has 1 aliphatic rings. The van der Waals surface area contributed by atoms with Gasteiger partial charge >= 0.3 is 6.09 Å². The molecule has 1 aliphatic heterocycles. The van der Waals surface area contributed by atoms with E-state index in [1.54, 1.807) is 31.7 Å². The van der Waals surface area contributed by atoms with Gasteiger partial charge in [0.1, 0.15) is 11.4 Å². The van der Waals surface area contributed by atoms with Crippen LogP contribution in [0.5, 0.6) is 0 Å². The molecule has 3 rings (SSSR count). The molecule has 2 aromatic rings. The van der Waals surface area contributed by atoms with Crippen molar-refractivity contribution < 1.29 is 23.5 Å². The third-order valence-corrected chi connectivity index (χ3v) is 4.98. The van der Waals surface area contributed by atoms with Crippen LogP contribution in [0.25, 0.3) is 0 Å². The van der Waals surface area contributed by atoms with Gasteiger partial charge in [0.2, 0.25) is 11.8 Å². The average Bonchev–Trinajstić information content (AvgIpc) is 3.05. The number of hydrogen-bond acceptors (Lipinski definition) is 4. The molecule has 31 heavy (non-hydrogen) atoms. The number of ether oxygens (including phenoxy) is 1. The van der Waals surface area contributed by atoms with E-state index in [-0.39, 0.29) is 30.5 Å². The lowest BCUT2D eigenvalue weighted by Crippen LogP contribution is -2.28. The number of amides is 3. The van der Waals surface area contributed by atoms with E-state index in [2.05, 4.69) is 26.6 Å². The molecule has 2 aromatic carbocycles. The Balaban J connectivity index is 1.67. The standard InChI is InChI=1S/C22H23BrFN3O4/c1-22(2,3)31-21(30)26-18-11-15(7-8-17(18)24)25-20(29)13-9-19(28)27(12-13)16-6-4-5-14(23)10-16/h4-8,10-11,13H,9,12H2,1-3H3,(H,25,29)(H,26,30). The van der Waals surface area contributed by atoms with E-state index in [0.717, 1.165) is 10.5 Å². The normalized spacial score (nSPS) is 16.2. The molecule has 1 saturated heterocycles. The Labute approximate surface area is 188 Å². The maximum atomic E-state index is 14.1. The van der Waals surface area contributed by atoms with Crippen molar-refractivity contribution in [1.82, 2.24) is 0 Å². The van der Waals surface area contributed by atoms with E-state index in [1.807, 2.05) is 18.2 Å². The zero-order valence-electron chi connectivity index (χ0n) is 17.4. The third-order valence-electron chi connectivity index (χ3n) is 4.49. The molecule has 2 N–H and O–H groups in total. The molecule has 1 heterocycles. The van der Waals surface area contributed by atoms with Crippen LogP contribution in [-0.2, 0) is 14.3 Å². The van der Waals surface area contributed by atoms with Gasteiger partial charge in [0.05, 0.1) is 11.6 Å². The molecule has 1 atom stereocenters. The summed E-state index contributed by atoms with van der Waals surface area (Å²) < 4.78 is 20.0. The van der Waals surface area contributed by atoms with E-state index >= 15 is 0 Å². The minimum atomic E-state index is -0.805. The Morgan fingerprint density at radius 1 is 1.16 bits per heavy atom. The second-order valence-electron chi connectivity index (χ2n) is 8.20. The number of benzene rings is 2. The highest BCUT2D eigenvalue weighted by atomic mass is 79.9. The van der Waals surface area contributed by atoms with Gasteiger partial charge in [-0.3, -0.25) is 14.9 Å². The molecule has 3 amide bonds. The predicted molar refractivity (Wildman–Crippen MR) is 119 cm³/mol. The van der Waals surface area contributed by atoms with Gasteiger partial charge in [0, 0.05) is 28.8 Å². The van der Waals surface area contributed by atoms with Crippen LogP contribution >= 0.6 is 15.9 Å². The van der Waals surface area contributed by atoms with E-state index in [4.69, 9.17) is 4.74 Å². The fourth-order valence-corrected chi connectivity index (χ4v) is 3.52. The lowest BCUT2D eigenvalue weighted by molar-refractivity contribution is -0.122. The number of rotatable bonds is 4. The molecule has 0 radical (unpaired) electrons. The van der Waals surface area contributed by atoms with Crippen LogP contribution in [0.1, 0.15) is 27.2 Å². The van der Waals surface area contributed by atoms with Crippen LogP contribution in [0, 0.1) is 11.7 Å². The highest BCUT2D eigenvalue weighted by Crippen LogP contribution is 2.28. The summed E-state index contributed by atoms with van der Waals surface area (Å²) in [6.45, 7) is 5.32. The minimum absolute atomic E-state index is 0.0720. The quantitative estimate of drug-likeness (QED) is 0.634. The number of halogens is 2. The number of carbonyl (C=O) groups excluding carboxylic acids is 3. The van der Waals surface area contributed by atoms with E-state index in [0.29, 0.717) is 11.4 Å². The predicted octanol–water partition coefficient (Wildman–Crippen LogP) is 4.93. The topological polar surface area (TPSA) is 87.7 Å². The lowest BCUT2D eigenvalue weighted by Gasteiger charge is -2.20. The molecule has 1 unspecified atom stereocenters. The average molecular weight is 492 g/mol. The van der Waals surface area contributed by atoms with Crippen molar-refractivity contribution in [2.24, 2.45) is 5.92 Å². The van der Waals surface area contributed by atoms with Crippen LogP contribution in [-0.4, -0.2) is 30.1 Å². The van der Waals surface area contributed by atoms with Crippen molar-refractivity contribution in [3.8, 4) is 0 Å². The molecular formula is C22H23BrFN3O4. The first-order valence-electron chi connectivity index (χ1n) is 9.68. The smallest absolute Gasteiger partial charge is 0.412 e. The van der Waals surface area contributed by atoms with Crippen LogP contribution in [0.4, 0.5) is 26.2 Å². The minimum Gasteiger partial charge on any atom is -0.444 e. The maximum Gasteiger partial charge on any atom is 0.412 e. The number of carbonyl (C=O) groups is 3. The van der Waals surface area contributed by atoms with Crippen LogP contribution in [0.2, 0.25) is 0 Å². The third kappa shape index (κ3) is 6.04. The molecule has 0 aliphatic carbocycles. The second kappa shape index (κ2) is 9.05. The van der Waals surface area contributed by atoms with Crippen LogP contribution in [0.3, 0.4) is 0 Å². The molecule has 0 saturated carbocycles. The van der Waals surface area contributed by atoms with Crippen molar-refractivity contribution in [3.63, 3.8) is 0 Å². The van der Waals surface area contributed by atoms with Gasteiger partial charge in [0.15, 0.2) is 0 Å². The summed E-state index contributed by atoms with van der Waals surface area (Å²) in [7, 11) is 0. The molecular weight excluding hydrogens is 469 g/mol. The highest BCUT2D eigenvalue weighted by molar-refractivity contribution is 9.10. The van der Waals surface area contributed by atoms with Crippen molar-refractivity contribution in [2.45, 2.75) is 32.8 Å². The van der Waals surface area contributed by atoms with Gasteiger partial charge in [-0.2, -0.15) is 0 Å². The molecule has 0 aromatic heterocycles. The van der Waals surface area contributed by atoms with Gasteiger partial charge in [-0.15, -0.1) is 0 Å². The van der Waals surface area contributed by atoms with Crippen LogP contribution in [0.15, 0.2) is 46.9 Å². The Morgan fingerprint density at radius 2 is 1.90 bits per heavy atom. The van der Waals surface area contributed by atoms with Crippen molar-refractivity contribution in [3.05, 3.63) is 52.8 Å². The summed E-state index contributed by atoms with van der Waals surface area (Å²) in [5, 5.41) is 5.03. The first-order chi connectivity index (χ1) is 14.5. The lowest BCUT2D eigenvalue weighted by atomic mass is 10.1. The summed E-state index contributed by atoms with van der Waals surface area (Å²) in [5.41, 5.74) is 0.151. The van der Waals surface area contributed by atoms with E-state index < -0.39 is 23.4 Å². The van der Waals surface area contributed by atoms with Crippen LogP contribution < -0.4 is 15.5 Å². The van der Waals surface area contributed by atoms with Crippen molar-refractivity contribution in [2.75, 3.05) is 22.1 Å². The van der Waals surface area contributed by atoms with Gasteiger partial charge < -0.3 is 15.0 Å². The summed E-state index contributed by atoms with van der Waals surface area (Å²) in [4.78, 5) is 38.6. The largest absolute Gasteiger partial charge is 0.444 e. The van der Waals surface area contributed by atoms with Crippen molar-refractivity contribution in [1.29, 1.82) is 0 Å². The Morgan fingerprint density at radius 3 is 2.58 bits per heavy atom. The first-order valence-corrected chi connectivity index (χ1v) is 10.5. The maximum absolute atomic E-state index is 14.1. The summed E-state index contributed by atoms with van der Waals surface area (Å²) >= 11 is 3.38. The molecule has 9 heteroatoms. The Kier molecular flexibility index (Phi) is 6.64. The van der Waals surface area contributed by atoms with E-state index in [1.165, 1.54) is 12.1 Å². The number of anilines is 3. The van der Waals surface area contributed by atoms with Crippen molar-refractivity contribution >= 4 is 50.9 Å². The summed E-state index contributed by atoms with van der Waals surface area (Å²) in [6.07, 6.45) is -0.733. The molecule has 0 spiro atoms. The van der Waals surface area contributed by atoms with E-state index in [9.17, 15) is 18.8 Å². The SMILES string of the molecule is CC(C)(C)OC(=O)Nc1cc(NC(=O)C2CC(=O)N(c3cccc(Br)c3)C2)ccc1F. The summed E-state index contributed by atoms with van der Waals surface area (Å²) in [6, 6.07) is 11.1. The zero-order chi connectivity index (χ0) is 22.8. The Bertz CT molecular complexity index is 1020. The van der Waals surface area contributed by atoms with Gasteiger partial charge in [-0.1, -0.05) is 22.0 Å². The monoisotopic (exact) mass is 491 g/mol. The fraction of sp³-hybridized carbons (Fsp3) is 0.318. The molecule has 0 bridgehead atoms. The van der Waals surface area contributed by atoms with Gasteiger partial charge in [-0.25, -0.2) is 9.18 Å². The first kappa shape index (κ1) is 22.7. The number of hydrogen-bond donors (Lipinski definition) is 2. The zero-order valence-corrected chi connectivity index (χ0v) is 19.0. The van der Waals surface area contributed by atoms with Gasteiger partial charge in [-0.05, 0) is 57.2 Å². The second-order valence-corrected chi connectivity index (χ2v) is 9.11. The fourth-order valence-electron chi connectivity index (χ4n) is 3.13. The molecule has 164 valence electrons.